The van der Waals surface area contributed by atoms with Gasteiger partial charge in [-0.15, -0.1) is 0 Å². The second kappa shape index (κ2) is 5.71. The van der Waals surface area contributed by atoms with E-state index in [1.807, 2.05) is 35.0 Å². The quantitative estimate of drug-likeness (QED) is 0.743. The van der Waals surface area contributed by atoms with Crippen LogP contribution in [0.2, 0.25) is 0 Å². The minimum atomic E-state index is 0.561. The maximum Gasteiger partial charge on any atom is 0.246 e. The third-order valence-corrected chi connectivity index (χ3v) is 4.02. The predicted molar refractivity (Wildman–Crippen MR) is 83.0 cm³/mol. The van der Waals surface area contributed by atoms with Crippen LogP contribution in [-0.4, -0.2) is 26.2 Å². The van der Waals surface area contributed by atoms with E-state index in [2.05, 4.69) is 21.1 Å². The van der Waals surface area contributed by atoms with Gasteiger partial charge in [-0.2, -0.15) is 10.4 Å². The molecule has 0 bridgehead atoms. The maximum absolute atomic E-state index is 8.86. The van der Waals surface area contributed by atoms with Crippen molar-refractivity contribution >= 4 is 0 Å². The number of fused-ring (bicyclic) bond motifs is 1. The highest BCUT2D eigenvalue weighted by Gasteiger charge is 2.20. The lowest BCUT2D eigenvalue weighted by Gasteiger charge is -2.27. The molecule has 0 saturated carbocycles. The fourth-order valence-corrected chi connectivity index (χ4v) is 2.85. The summed E-state index contributed by atoms with van der Waals surface area (Å²) in [5, 5.41) is 13.4. The third kappa shape index (κ3) is 2.74. The Morgan fingerprint density at radius 2 is 2.09 bits per heavy atom. The lowest BCUT2D eigenvalue weighted by Crippen LogP contribution is -2.33. The molecule has 4 rings (SSSR count). The van der Waals surface area contributed by atoms with Crippen molar-refractivity contribution in [3.8, 4) is 17.7 Å². The van der Waals surface area contributed by atoms with Crippen LogP contribution in [0.5, 0.6) is 0 Å². The lowest BCUT2D eigenvalue weighted by molar-refractivity contribution is 0.205. The standard InChI is InChI=1S/C17H15N5O/c18-10-13-1-3-14(4-2-13)11-21-6-7-22-15(12-21)9-16(20-22)17-19-5-8-23-17/h1-5,8-9H,6-7,11-12H2. The Balaban J connectivity index is 1.49. The summed E-state index contributed by atoms with van der Waals surface area (Å²) in [6, 6.07) is 11.9. The fraction of sp³-hybridized carbons (Fsp3) is 0.235. The van der Waals surface area contributed by atoms with E-state index in [1.165, 1.54) is 5.56 Å². The molecule has 3 heterocycles. The van der Waals surface area contributed by atoms with E-state index >= 15 is 0 Å². The van der Waals surface area contributed by atoms with Gasteiger partial charge in [0.1, 0.15) is 12.0 Å². The molecule has 0 fully saturated rings. The first-order valence-corrected chi connectivity index (χ1v) is 7.50. The highest BCUT2D eigenvalue weighted by atomic mass is 16.3. The van der Waals surface area contributed by atoms with Crippen LogP contribution in [0.15, 0.2) is 47.2 Å². The summed E-state index contributed by atoms with van der Waals surface area (Å²) in [5.74, 6) is 0.561. The van der Waals surface area contributed by atoms with Crippen LogP contribution in [0, 0.1) is 11.3 Å². The predicted octanol–water partition coefficient (Wildman–Crippen LogP) is 2.43. The molecule has 6 nitrogen and oxygen atoms in total. The summed E-state index contributed by atoms with van der Waals surface area (Å²) in [4.78, 5) is 6.52. The smallest absolute Gasteiger partial charge is 0.246 e. The third-order valence-electron chi connectivity index (χ3n) is 4.02. The minimum absolute atomic E-state index is 0.561. The SMILES string of the molecule is N#Cc1ccc(CN2CCn3nc(-c4ncco4)cc3C2)cc1. The van der Waals surface area contributed by atoms with Crippen molar-refractivity contribution in [3.63, 3.8) is 0 Å². The van der Waals surface area contributed by atoms with E-state index in [9.17, 15) is 0 Å². The minimum Gasteiger partial charge on any atom is -0.443 e. The highest BCUT2D eigenvalue weighted by Crippen LogP contribution is 2.21. The highest BCUT2D eigenvalue weighted by molar-refractivity contribution is 5.47. The molecule has 0 saturated heterocycles. The molecule has 0 N–H and O–H groups in total. The Bertz CT molecular complexity index is 842. The van der Waals surface area contributed by atoms with Crippen molar-refractivity contribution in [2.24, 2.45) is 0 Å². The zero-order chi connectivity index (χ0) is 15.6. The van der Waals surface area contributed by atoms with Gasteiger partial charge >= 0.3 is 0 Å². The van der Waals surface area contributed by atoms with Crippen molar-refractivity contribution in [1.82, 2.24) is 19.7 Å². The van der Waals surface area contributed by atoms with Gasteiger partial charge < -0.3 is 4.42 Å². The average Bonchev–Trinajstić information content (AvgIpc) is 3.24. The van der Waals surface area contributed by atoms with Crippen molar-refractivity contribution in [2.45, 2.75) is 19.6 Å². The van der Waals surface area contributed by atoms with Crippen LogP contribution in [0.1, 0.15) is 16.8 Å². The van der Waals surface area contributed by atoms with E-state index in [-0.39, 0.29) is 0 Å². The molecule has 6 heteroatoms. The lowest BCUT2D eigenvalue weighted by atomic mass is 10.1. The first-order chi connectivity index (χ1) is 11.3. The monoisotopic (exact) mass is 305 g/mol. The second-order valence-corrected chi connectivity index (χ2v) is 5.60. The van der Waals surface area contributed by atoms with E-state index in [0.29, 0.717) is 11.5 Å². The topological polar surface area (TPSA) is 70.9 Å². The van der Waals surface area contributed by atoms with Crippen molar-refractivity contribution in [3.05, 3.63) is 59.6 Å². The zero-order valence-electron chi connectivity index (χ0n) is 12.5. The molecule has 114 valence electrons. The van der Waals surface area contributed by atoms with E-state index < -0.39 is 0 Å². The molecule has 1 aliphatic rings. The molecule has 1 aliphatic heterocycles. The van der Waals surface area contributed by atoms with Gasteiger partial charge in [0.2, 0.25) is 5.89 Å². The van der Waals surface area contributed by atoms with Crippen LogP contribution >= 0.6 is 0 Å². The Morgan fingerprint density at radius 3 is 2.83 bits per heavy atom. The van der Waals surface area contributed by atoms with Gasteiger partial charge in [-0.05, 0) is 23.8 Å². The number of aromatic nitrogens is 3. The van der Waals surface area contributed by atoms with Gasteiger partial charge in [-0.25, -0.2) is 4.98 Å². The normalized spacial score (nSPS) is 14.4. The fourth-order valence-electron chi connectivity index (χ4n) is 2.85. The zero-order valence-corrected chi connectivity index (χ0v) is 12.5. The van der Waals surface area contributed by atoms with Crippen molar-refractivity contribution in [2.75, 3.05) is 6.54 Å². The second-order valence-electron chi connectivity index (χ2n) is 5.60. The molecular formula is C17H15N5O. The molecule has 0 atom stereocenters. The van der Waals surface area contributed by atoms with E-state index in [4.69, 9.17) is 9.68 Å². The summed E-state index contributed by atoms with van der Waals surface area (Å²) < 4.78 is 7.34. The Hall–Kier alpha value is -2.91. The van der Waals surface area contributed by atoms with Crippen LogP contribution < -0.4 is 0 Å². The van der Waals surface area contributed by atoms with E-state index in [0.717, 1.165) is 37.6 Å². The molecular weight excluding hydrogens is 290 g/mol. The number of oxazole rings is 1. The summed E-state index contributed by atoms with van der Waals surface area (Å²) in [6.07, 6.45) is 3.19. The Kier molecular flexibility index (Phi) is 3.41. The van der Waals surface area contributed by atoms with Crippen LogP contribution in [0.25, 0.3) is 11.6 Å². The van der Waals surface area contributed by atoms with Crippen LogP contribution in [0.4, 0.5) is 0 Å². The van der Waals surface area contributed by atoms with Gasteiger partial charge in [-0.3, -0.25) is 9.58 Å². The molecule has 0 spiro atoms. The first kappa shape index (κ1) is 13.7. The number of benzene rings is 1. The number of rotatable bonds is 3. The van der Waals surface area contributed by atoms with Gasteiger partial charge in [0.05, 0.1) is 30.1 Å². The summed E-state index contributed by atoms with van der Waals surface area (Å²) in [5.41, 5.74) is 3.86. The summed E-state index contributed by atoms with van der Waals surface area (Å²) in [7, 11) is 0. The average molecular weight is 305 g/mol. The molecule has 0 aliphatic carbocycles. The summed E-state index contributed by atoms with van der Waals surface area (Å²) >= 11 is 0. The van der Waals surface area contributed by atoms with Crippen LogP contribution in [-0.2, 0) is 19.6 Å². The molecule has 1 aromatic carbocycles. The van der Waals surface area contributed by atoms with Crippen molar-refractivity contribution < 1.29 is 4.42 Å². The van der Waals surface area contributed by atoms with Gasteiger partial charge in [0.25, 0.3) is 0 Å². The molecule has 0 unspecified atom stereocenters. The Morgan fingerprint density at radius 1 is 1.22 bits per heavy atom. The van der Waals surface area contributed by atoms with Gasteiger partial charge in [-0.1, -0.05) is 12.1 Å². The number of hydrogen-bond acceptors (Lipinski definition) is 5. The van der Waals surface area contributed by atoms with Gasteiger partial charge in [0.15, 0.2) is 0 Å². The van der Waals surface area contributed by atoms with E-state index in [1.54, 1.807) is 12.5 Å². The summed E-state index contributed by atoms with van der Waals surface area (Å²) in [6.45, 7) is 3.50. The van der Waals surface area contributed by atoms with Gasteiger partial charge in [0, 0.05) is 19.6 Å². The molecule has 2 aromatic heterocycles. The maximum atomic E-state index is 8.86. The molecule has 23 heavy (non-hydrogen) atoms. The van der Waals surface area contributed by atoms with Crippen LogP contribution in [0.3, 0.4) is 0 Å². The number of hydrogen-bond donors (Lipinski definition) is 0. The Labute approximate surface area is 133 Å². The molecule has 3 aromatic rings. The number of nitriles is 1. The number of nitrogens with zero attached hydrogens (tertiary/aromatic N) is 5. The van der Waals surface area contributed by atoms with Crippen molar-refractivity contribution in [1.29, 1.82) is 5.26 Å². The largest absolute Gasteiger partial charge is 0.443 e. The first-order valence-electron chi connectivity index (χ1n) is 7.50. The molecule has 0 radical (unpaired) electrons. The molecule has 0 amide bonds.